The normalized spacial score (nSPS) is 23.4. The van der Waals surface area contributed by atoms with Gasteiger partial charge < -0.3 is 9.47 Å². The molecule has 0 spiro atoms. The lowest BCUT2D eigenvalue weighted by Crippen LogP contribution is -2.41. The summed E-state index contributed by atoms with van der Waals surface area (Å²) in [6.45, 7) is 3.29. The molecule has 1 aliphatic carbocycles. The number of methoxy groups -OCH3 is 1. The predicted octanol–water partition coefficient (Wildman–Crippen LogP) is 0.854. The second-order valence-corrected chi connectivity index (χ2v) is 7.37. The topological polar surface area (TPSA) is 55.8 Å². The van der Waals surface area contributed by atoms with E-state index in [4.69, 9.17) is 9.47 Å². The van der Waals surface area contributed by atoms with Crippen molar-refractivity contribution in [3.8, 4) is 0 Å². The number of piperidine rings is 1. The van der Waals surface area contributed by atoms with Crippen LogP contribution in [0, 0.1) is 5.92 Å². The fourth-order valence-corrected chi connectivity index (χ4v) is 4.17. The van der Waals surface area contributed by atoms with E-state index >= 15 is 0 Å². The van der Waals surface area contributed by atoms with E-state index in [9.17, 15) is 8.42 Å². The SMILES string of the molecule is COCCOCC1CCN(S(=O)(=O)C2CC2)CC1. The minimum Gasteiger partial charge on any atom is -0.382 e. The van der Waals surface area contributed by atoms with Crippen molar-refractivity contribution < 1.29 is 17.9 Å². The van der Waals surface area contributed by atoms with Crippen molar-refractivity contribution in [2.75, 3.05) is 40.0 Å². The summed E-state index contributed by atoms with van der Waals surface area (Å²) in [5.74, 6) is 0.493. The first kappa shape index (κ1) is 14.2. The molecule has 1 saturated carbocycles. The van der Waals surface area contributed by atoms with Crippen LogP contribution >= 0.6 is 0 Å². The highest BCUT2D eigenvalue weighted by Gasteiger charge is 2.41. The van der Waals surface area contributed by atoms with Gasteiger partial charge in [-0.1, -0.05) is 0 Å². The number of ether oxygens (including phenoxy) is 2. The van der Waals surface area contributed by atoms with Crippen LogP contribution in [-0.4, -0.2) is 58.0 Å². The average Bonchev–Trinajstić information content (AvgIpc) is 3.20. The van der Waals surface area contributed by atoms with Gasteiger partial charge in [0, 0.05) is 26.8 Å². The van der Waals surface area contributed by atoms with Crippen molar-refractivity contribution in [3.63, 3.8) is 0 Å². The maximum atomic E-state index is 12.0. The third kappa shape index (κ3) is 3.66. The summed E-state index contributed by atoms with van der Waals surface area (Å²) in [7, 11) is -1.31. The van der Waals surface area contributed by atoms with Crippen molar-refractivity contribution in [1.29, 1.82) is 0 Å². The molecule has 0 bridgehead atoms. The predicted molar refractivity (Wildman–Crippen MR) is 68.9 cm³/mol. The van der Waals surface area contributed by atoms with E-state index in [2.05, 4.69) is 0 Å². The molecule has 0 amide bonds. The van der Waals surface area contributed by atoms with Crippen molar-refractivity contribution >= 4 is 10.0 Å². The van der Waals surface area contributed by atoms with Gasteiger partial charge in [0.15, 0.2) is 0 Å². The molecule has 0 atom stereocenters. The van der Waals surface area contributed by atoms with Gasteiger partial charge in [-0.2, -0.15) is 0 Å². The molecule has 18 heavy (non-hydrogen) atoms. The van der Waals surface area contributed by atoms with Gasteiger partial charge in [0.25, 0.3) is 0 Å². The Morgan fingerprint density at radius 1 is 1.11 bits per heavy atom. The summed E-state index contributed by atoms with van der Waals surface area (Å²) in [5, 5.41) is -0.0768. The number of rotatable bonds is 7. The van der Waals surface area contributed by atoms with Crippen LogP contribution in [-0.2, 0) is 19.5 Å². The Labute approximate surface area is 109 Å². The fourth-order valence-electron chi connectivity index (χ4n) is 2.30. The van der Waals surface area contributed by atoms with Crippen LogP contribution in [0.4, 0.5) is 0 Å². The lowest BCUT2D eigenvalue weighted by atomic mass is 9.99. The molecule has 1 aliphatic heterocycles. The van der Waals surface area contributed by atoms with E-state index in [1.807, 2.05) is 0 Å². The molecular formula is C12H23NO4S. The first-order chi connectivity index (χ1) is 8.64. The smallest absolute Gasteiger partial charge is 0.216 e. The van der Waals surface area contributed by atoms with Crippen molar-refractivity contribution in [2.45, 2.75) is 30.9 Å². The highest BCUT2D eigenvalue weighted by Crippen LogP contribution is 2.33. The fraction of sp³-hybridized carbons (Fsp3) is 1.00. The maximum absolute atomic E-state index is 12.0. The van der Waals surface area contributed by atoms with Gasteiger partial charge in [-0.15, -0.1) is 0 Å². The molecule has 0 aromatic heterocycles. The highest BCUT2D eigenvalue weighted by atomic mass is 32.2. The highest BCUT2D eigenvalue weighted by molar-refractivity contribution is 7.90. The molecule has 0 aromatic rings. The van der Waals surface area contributed by atoms with E-state index in [0.717, 1.165) is 32.3 Å². The molecule has 2 rings (SSSR count). The number of sulfonamides is 1. The molecule has 2 aliphatic rings. The van der Waals surface area contributed by atoms with Gasteiger partial charge in [0.1, 0.15) is 0 Å². The maximum Gasteiger partial charge on any atom is 0.216 e. The molecule has 6 heteroatoms. The summed E-state index contributed by atoms with van der Waals surface area (Å²) in [6, 6.07) is 0. The van der Waals surface area contributed by atoms with Crippen molar-refractivity contribution in [2.24, 2.45) is 5.92 Å². The minimum absolute atomic E-state index is 0.0768. The Balaban J connectivity index is 1.68. The minimum atomic E-state index is -2.97. The molecule has 0 N–H and O–H groups in total. The van der Waals surface area contributed by atoms with E-state index in [1.165, 1.54) is 0 Å². The zero-order chi connectivity index (χ0) is 13.0. The third-order valence-corrected chi connectivity index (χ3v) is 6.06. The lowest BCUT2D eigenvalue weighted by molar-refractivity contribution is 0.0410. The van der Waals surface area contributed by atoms with E-state index in [1.54, 1.807) is 11.4 Å². The molecule has 1 heterocycles. The summed E-state index contributed by atoms with van der Waals surface area (Å²) in [4.78, 5) is 0. The Hall–Kier alpha value is -0.170. The number of nitrogens with zero attached hydrogens (tertiary/aromatic N) is 1. The van der Waals surface area contributed by atoms with E-state index < -0.39 is 10.0 Å². The van der Waals surface area contributed by atoms with Gasteiger partial charge in [0.2, 0.25) is 10.0 Å². The Bertz CT molecular complexity index is 345. The van der Waals surface area contributed by atoms with Crippen LogP contribution in [0.2, 0.25) is 0 Å². The monoisotopic (exact) mass is 277 g/mol. The van der Waals surface area contributed by atoms with Crippen LogP contribution in [0.15, 0.2) is 0 Å². The van der Waals surface area contributed by atoms with Crippen molar-refractivity contribution in [1.82, 2.24) is 4.31 Å². The van der Waals surface area contributed by atoms with Crippen molar-refractivity contribution in [3.05, 3.63) is 0 Å². The molecule has 0 unspecified atom stereocenters. The van der Waals surface area contributed by atoms with Crippen LogP contribution in [0.1, 0.15) is 25.7 Å². The first-order valence-electron chi connectivity index (χ1n) is 6.70. The van der Waals surface area contributed by atoms with Crippen LogP contribution < -0.4 is 0 Å². The number of hydrogen-bond acceptors (Lipinski definition) is 4. The largest absolute Gasteiger partial charge is 0.382 e. The van der Waals surface area contributed by atoms with Crippen LogP contribution in [0.25, 0.3) is 0 Å². The van der Waals surface area contributed by atoms with Gasteiger partial charge in [-0.05, 0) is 31.6 Å². The molecule has 5 nitrogen and oxygen atoms in total. The zero-order valence-electron chi connectivity index (χ0n) is 11.0. The number of hydrogen-bond donors (Lipinski definition) is 0. The quantitative estimate of drug-likeness (QED) is 0.648. The van der Waals surface area contributed by atoms with Gasteiger partial charge in [0.05, 0.1) is 18.5 Å². The molecule has 1 saturated heterocycles. The molecule has 0 radical (unpaired) electrons. The van der Waals surface area contributed by atoms with Crippen LogP contribution in [0.3, 0.4) is 0 Å². The van der Waals surface area contributed by atoms with Gasteiger partial charge >= 0.3 is 0 Å². The van der Waals surface area contributed by atoms with Gasteiger partial charge in [-0.3, -0.25) is 0 Å². The first-order valence-corrected chi connectivity index (χ1v) is 8.20. The summed E-state index contributed by atoms with van der Waals surface area (Å²) < 4.78 is 36.2. The second-order valence-electron chi connectivity index (χ2n) is 5.15. The van der Waals surface area contributed by atoms with Gasteiger partial charge in [-0.25, -0.2) is 12.7 Å². The lowest BCUT2D eigenvalue weighted by Gasteiger charge is -2.31. The Kier molecular flexibility index (Phi) is 5.00. The standard InChI is InChI=1S/C12H23NO4S/c1-16-8-9-17-10-11-4-6-13(7-5-11)18(14,15)12-2-3-12/h11-12H,2-10H2,1H3. The molecular weight excluding hydrogens is 254 g/mol. The second kappa shape index (κ2) is 6.32. The van der Waals surface area contributed by atoms with Crippen LogP contribution in [0.5, 0.6) is 0 Å². The van der Waals surface area contributed by atoms with E-state index in [-0.39, 0.29) is 5.25 Å². The summed E-state index contributed by atoms with van der Waals surface area (Å²) >= 11 is 0. The average molecular weight is 277 g/mol. The molecule has 0 aromatic carbocycles. The Morgan fingerprint density at radius 3 is 2.33 bits per heavy atom. The zero-order valence-corrected chi connectivity index (χ0v) is 11.8. The Morgan fingerprint density at radius 2 is 1.78 bits per heavy atom. The van der Waals surface area contributed by atoms with E-state index in [0.29, 0.717) is 32.2 Å². The third-order valence-electron chi connectivity index (χ3n) is 3.66. The molecule has 2 fully saturated rings. The molecule has 106 valence electrons. The summed E-state index contributed by atoms with van der Waals surface area (Å²) in [5.41, 5.74) is 0. The summed E-state index contributed by atoms with van der Waals surface area (Å²) in [6.07, 6.45) is 3.53.